The first kappa shape index (κ1) is 13.2. The van der Waals surface area contributed by atoms with Crippen molar-refractivity contribution in [1.29, 1.82) is 0 Å². The molecule has 1 aliphatic rings. The van der Waals surface area contributed by atoms with Crippen molar-refractivity contribution >= 4 is 17.5 Å². The number of ether oxygens (including phenoxy) is 1. The summed E-state index contributed by atoms with van der Waals surface area (Å²) in [5.74, 6) is 0.0367. The van der Waals surface area contributed by atoms with E-state index >= 15 is 0 Å². The average molecular weight is 269 g/mol. The number of rotatable bonds is 6. The van der Waals surface area contributed by atoms with Gasteiger partial charge >= 0.3 is 0 Å². The lowest BCUT2D eigenvalue weighted by Crippen LogP contribution is -2.31. The lowest BCUT2D eigenvalue weighted by molar-refractivity contribution is -0.123. The summed E-state index contributed by atoms with van der Waals surface area (Å²) in [5, 5.41) is 3.89. The van der Waals surface area contributed by atoms with Crippen molar-refractivity contribution in [1.82, 2.24) is 5.32 Å². The molecule has 1 fully saturated rings. The minimum Gasteiger partial charge on any atom is -0.479 e. The molecule has 0 radical (unpaired) electrons. The summed E-state index contributed by atoms with van der Waals surface area (Å²) in [7, 11) is 0. The molecule has 1 aromatic rings. The van der Waals surface area contributed by atoms with Crippen LogP contribution in [-0.4, -0.2) is 18.1 Å². The van der Waals surface area contributed by atoms with E-state index < -0.39 is 12.0 Å². The van der Waals surface area contributed by atoms with Crippen molar-refractivity contribution < 1.29 is 9.53 Å². The molecule has 0 aliphatic heterocycles. The van der Waals surface area contributed by atoms with Gasteiger partial charge in [0.2, 0.25) is 0 Å². The van der Waals surface area contributed by atoms with Crippen molar-refractivity contribution in [2.45, 2.75) is 38.5 Å². The highest BCUT2D eigenvalue weighted by molar-refractivity contribution is 6.32. The standard InChI is InChI=1S/C13H17ClN2O2/c1-8(13(15)17)18-12-9(3-2-4-11(12)14)7-16-10-5-6-10/h2-4,8,10,16H,5-7H2,1H3,(H2,15,17). The largest absolute Gasteiger partial charge is 0.479 e. The van der Waals surface area contributed by atoms with E-state index in [9.17, 15) is 4.79 Å². The van der Waals surface area contributed by atoms with Gasteiger partial charge in [-0.25, -0.2) is 0 Å². The van der Waals surface area contributed by atoms with Gasteiger partial charge in [0.15, 0.2) is 6.10 Å². The minimum atomic E-state index is -0.690. The smallest absolute Gasteiger partial charge is 0.258 e. The van der Waals surface area contributed by atoms with Crippen molar-refractivity contribution in [3.63, 3.8) is 0 Å². The molecule has 1 unspecified atom stereocenters. The van der Waals surface area contributed by atoms with Crippen LogP contribution in [0.1, 0.15) is 25.3 Å². The number of nitrogens with one attached hydrogen (secondary N) is 1. The van der Waals surface area contributed by atoms with E-state index in [2.05, 4.69) is 5.32 Å². The van der Waals surface area contributed by atoms with Crippen LogP contribution in [0.2, 0.25) is 5.02 Å². The molecule has 3 N–H and O–H groups in total. The zero-order valence-corrected chi connectivity index (χ0v) is 11.0. The summed E-state index contributed by atoms with van der Waals surface area (Å²) in [4.78, 5) is 11.0. The third kappa shape index (κ3) is 3.37. The molecule has 98 valence electrons. The number of benzene rings is 1. The predicted molar refractivity (Wildman–Crippen MR) is 70.6 cm³/mol. The van der Waals surface area contributed by atoms with Gasteiger partial charge < -0.3 is 15.8 Å². The van der Waals surface area contributed by atoms with Crippen LogP contribution in [0.3, 0.4) is 0 Å². The van der Waals surface area contributed by atoms with Crippen LogP contribution in [0.5, 0.6) is 5.75 Å². The molecule has 18 heavy (non-hydrogen) atoms. The Morgan fingerprint density at radius 3 is 2.94 bits per heavy atom. The molecule has 0 saturated heterocycles. The van der Waals surface area contributed by atoms with Gasteiger partial charge in [-0.05, 0) is 25.8 Å². The number of para-hydroxylation sites is 1. The van der Waals surface area contributed by atoms with Crippen LogP contribution >= 0.6 is 11.6 Å². The number of primary amides is 1. The molecule has 0 bridgehead atoms. The predicted octanol–water partition coefficient (Wildman–Crippen LogP) is 1.84. The first-order valence-electron chi connectivity index (χ1n) is 6.04. The quantitative estimate of drug-likeness (QED) is 0.828. The van der Waals surface area contributed by atoms with Crippen LogP contribution in [-0.2, 0) is 11.3 Å². The highest BCUT2D eigenvalue weighted by Gasteiger charge is 2.21. The molecular weight excluding hydrogens is 252 g/mol. The van der Waals surface area contributed by atoms with E-state index in [1.54, 1.807) is 13.0 Å². The number of hydrogen-bond donors (Lipinski definition) is 2. The molecule has 1 amide bonds. The summed E-state index contributed by atoms with van der Waals surface area (Å²) in [6.07, 6.45) is 1.74. The third-order valence-electron chi connectivity index (χ3n) is 2.90. The molecule has 1 aromatic carbocycles. The second kappa shape index (κ2) is 5.59. The van der Waals surface area contributed by atoms with Crippen LogP contribution < -0.4 is 15.8 Å². The minimum absolute atomic E-state index is 0.498. The van der Waals surface area contributed by atoms with Gasteiger partial charge in [-0.1, -0.05) is 23.7 Å². The van der Waals surface area contributed by atoms with Gasteiger partial charge in [-0.2, -0.15) is 0 Å². The Morgan fingerprint density at radius 1 is 1.61 bits per heavy atom. The fourth-order valence-electron chi connectivity index (χ4n) is 1.60. The molecule has 0 spiro atoms. The maximum Gasteiger partial charge on any atom is 0.258 e. The summed E-state index contributed by atoms with van der Waals surface area (Å²) in [6, 6.07) is 6.15. The van der Waals surface area contributed by atoms with Crippen LogP contribution in [0.25, 0.3) is 0 Å². The van der Waals surface area contributed by atoms with E-state index in [4.69, 9.17) is 22.1 Å². The molecule has 0 heterocycles. The molecular formula is C13H17ClN2O2. The summed E-state index contributed by atoms with van der Waals surface area (Å²) in [6.45, 7) is 2.30. The average Bonchev–Trinajstić information content (AvgIpc) is 3.13. The van der Waals surface area contributed by atoms with Crippen LogP contribution in [0, 0.1) is 0 Å². The highest BCUT2D eigenvalue weighted by Crippen LogP contribution is 2.30. The zero-order valence-electron chi connectivity index (χ0n) is 10.3. The van der Waals surface area contributed by atoms with E-state index in [0.717, 1.165) is 5.56 Å². The lowest BCUT2D eigenvalue weighted by Gasteiger charge is -2.16. The third-order valence-corrected chi connectivity index (χ3v) is 3.20. The Balaban J connectivity index is 2.11. The maximum atomic E-state index is 11.0. The topological polar surface area (TPSA) is 64.3 Å². The number of hydrogen-bond acceptors (Lipinski definition) is 3. The molecule has 4 nitrogen and oxygen atoms in total. The number of halogens is 1. The Bertz CT molecular complexity index is 447. The molecule has 0 aromatic heterocycles. The fourth-order valence-corrected chi connectivity index (χ4v) is 1.84. The van der Waals surface area contributed by atoms with Crippen molar-refractivity contribution in [2.75, 3.05) is 0 Å². The number of amides is 1. The molecule has 5 heteroatoms. The first-order valence-corrected chi connectivity index (χ1v) is 6.42. The van der Waals surface area contributed by atoms with Gasteiger partial charge in [0.05, 0.1) is 5.02 Å². The Kier molecular flexibility index (Phi) is 4.09. The monoisotopic (exact) mass is 268 g/mol. The Morgan fingerprint density at radius 2 is 2.33 bits per heavy atom. The fraction of sp³-hybridized carbons (Fsp3) is 0.462. The number of carbonyl (C=O) groups is 1. The van der Waals surface area contributed by atoms with Gasteiger partial charge in [0.25, 0.3) is 5.91 Å². The van der Waals surface area contributed by atoms with Crippen LogP contribution in [0.15, 0.2) is 18.2 Å². The van der Waals surface area contributed by atoms with E-state index in [-0.39, 0.29) is 0 Å². The number of nitrogens with two attached hydrogens (primary N) is 1. The van der Waals surface area contributed by atoms with Gasteiger partial charge in [0.1, 0.15) is 5.75 Å². The van der Waals surface area contributed by atoms with Crippen molar-refractivity contribution in [3.8, 4) is 5.75 Å². The zero-order chi connectivity index (χ0) is 13.1. The SMILES string of the molecule is CC(Oc1c(Cl)cccc1CNC1CC1)C(N)=O. The summed E-state index contributed by atoms with van der Waals surface area (Å²) in [5.41, 5.74) is 6.14. The van der Waals surface area contributed by atoms with Gasteiger partial charge in [-0.15, -0.1) is 0 Å². The van der Waals surface area contributed by atoms with E-state index in [1.807, 2.05) is 12.1 Å². The second-order valence-electron chi connectivity index (χ2n) is 4.55. The molecule has 1 aliphatic carbocycles. The number of carbonyl (C=O) groups excluding carboxylic acids is 1. The molecule has 1 saturated carbocycles. The normalized spacial score (nSPS) is 16.3. The summed E-state index contributed by atoms with van der Waals surface area (Å²) >= 11 is 6.10. The lowest BCUT2D eigenvalue weighted by atomic mass is 10.2. The Hall–Kier alpha value is -1.26. The van der Waals surface area contributed by atoms with Crippen molar-refractivity contribution in [3.05, 3.63) is 28.8 Å². The first-order chi connectivity index (χ1) is 8.58. The highest BCUT2D eigenvalue weighted by atomic mass is 35.5. The van der Waals surface area contributed by atoms with Crippen LogP contribution in [0.4, 0.5) is 0 Å². The molecule has 1 atom stereocenters. The van der Waals surface area contributed by atoms with E-state index in [0.29, 0.717) is 23.4 Å². The summed E-state index contributed by atoms with van der Waals surface area (Å²) < 4.78 is 5.54. The van der Waals surface area contributed by atoms with Gasteiger partial charge in [0, 0.05) is 18.2 Å². The van der Waals surface area contributed by atoms with Gasteiger partial charge in [-0.3, -0.25) is 4.79 Å². The van der Waals surface area contributed by atoms with E-state index in [1.165, 1.54) is 12.8 Å². The maximum absolute atomic E-state index is 11.0. The molecule has 2 rings (SSSR count). The second-order valence-corrected chi connectivity index (χ2v) is 4.95. The van der Waals surface area contributed by atoms with Crippen molar-refractivity contribution in [2.24, 2.45) is 5.73 Å². The Labute approximate surface area is 111 Å².